The van der Waals surface area contributed by atoms with E-state index < -0.39 is 5.41 Å². The third kappa shape index (κ3) is 4.06. The Kier molecular flexibility index (Phi) is 6.04. The van der Waals surface area contributed by atoms with E-state index in [-0.39, 0.29) is 0 Å². The van der Waals surface area contributed by atoms with E-state index in [4.69, 9.17) is 14.4 Å². The monoisotopic (exact) mass is 588 g/mol. The number of aromatic nitrogens is 2. The minimum absolute atomic E-state index is 0.485. The second kappa shape index (κ2) is 10.5. The molecule has 0 saturated carbocycles. The summed E-state index contributed by atoms with van der Waals surface area (Å²) in [5.41, 5.74) is 11.4. The predicted octanol–water partition coefficient (Wildman–Crippen LogP) is 10.6. The number of benzene rings is 6. The van der Waals surface area contributed by atoms with E-state index in [9.17, 15) is 0 Å². The summed E-state index contributed by atoms with van der Waals surface area (Å²) in [6.45, 7) is 0. The summed E-state index contributed by atoms with van der Waals surface area (Å²) in [6, 6.07) is 59.7. The van der Waals surface area contributed by atoms with Crippen LogP contribution in [0.2, 0.25) is 0 Å². The molecule has 0 amide bonds. The van der Waals surface area contributed by atoms with Crippen LogP contribution in [0.5, 0.6) is 0 Å². The molecule has 1 aliphatic carbocycles. The van der Waals surface area contributed by atoms with E-state index in [1.54, 1.807) is 0 Å². The summed E-state index contributed by atoms with van der Waals surface area (Å²) in [5, 5.41) is 1.05. The molecule has 1 aliphatic rings. The quantitative estimate of drug-likeness (QED) is 0.201. The molecule has 6 aromatic carbocycles. The Morgan fingerprint density at radius 1 is 0.435 bits per heavy atom. The lowest BCUT2D eigenvalue weighted by atomic mass is 9.67. The van der Waals surface area contributed by atoms with Crippen molar-refractivity contribution in [3.63, 3.8) is 0 Å². The molecule has 0 radical (unpaired) electrons. The van der Waals surface area contributed by atoms with Gasteiger partial charge < -0.3 is 4.42 Å². The lowest BCUT2D eigenvalue weighted by molar-refractivity contribution is 0.628. The number of furan rings is 1. The van der Waals surface area contributed by atoms with E-state index in [2.05, 4.69) is 133 Å². The van der Waals surface area contributed by atoms with Gasteiger partial charge in [0.15, 0.2) is 11.6 Å². The normalized spacial score (nSPS) is 13.0. The van der Waals surface area contributed by atoms with Gasteiger partial charge in [-0.05, 0) is 57.6 Å². The molecule has 0 spiro atoms. The molecule has 0 aliphatic heterocycles. The average molecular weight is 589 g/mol. The molecule has 0 bridgehead atoms. The number of nitrogens with zero attached hydrogens (tertiary/aromatic N) is 2. The Hall–Kier alpha value is -6.06. The van der Waals surface area contributed by atoms with E-state index in [1.165, 1.54) is 33.4 Å². The molecule has 2 aromatic heterocycles. The van der Waals surface area contributed by atoms with Crippen LogP contribution in [0.3, 0.4) is 0 Å². The third-order valence-corrected chi connectivity index (χ3v) is 9.19. The second-order valence-corrected chi connectivity index (χ2v) is 11.8. The molecular weight excluding hydrogens is 560 g/mol. The molecular formula is C43H28N2O. The van der Waals surface area contributed by atoms with Crippen LogP contribution in [-0.2, 0) is 5.41 Å². The standard InChI is InChI=1S/C43H28N2O/c1-4-14-29(15-5-1)42-44-38(28-39(45-42)41-27-31-16-10-13-23-40(31)46-41)30-24-25-35-34-21-11-12-22-36(34)43(37(35)26-30,32-17-6-2-7-18-32)33-19-8-3-9-20-33/h1-28H. The van der Waals surface area contributed by atoms with Crippen molar-refractivity contribution in [3.05, 3.63) is 192 Å². The van der Waals surface area contributed by atoms with Gasteiger partial charge in [-0.15, -0.1) is 0 Å². The highest BCUT2D eigenvalue weighted by molar-refractivity contribution is 5.89. The van der Waals surface area contributed by atoms with Crippen LogP contribution < -0.4 is 0 Å². The first-order chi connectivity index (χ1) is 22.8. The van der Waals surface area contributed by atoms with Crippen molar-refractivity contribution in [2.45, 2.75) is 5.41 Å². The fraction of sp³-hybridized carbons (Fsp3) is 0.0233. The summed E-state index contributed by atoms with van der Waals surface area (Å²) >= 11 is 0. The van der Waals surface area contributed by atoms with Gasteiger partial charge in [0.05, 0.1) is 11.1 Å². The molecule has 216 valence electrons. The van der Waals surface area contributed by atoms with Gasteiger partial charge in [0, 0.05) is 16.5 Å². The number of para-hydroxylation sites is 1. The first-order valence-electron chi connectivity index (χ1n) is 15.6. The zero-order valence-corrected chi connectivity index (χ0v) is 25.0. The summed E-state index contributed by atoms with van der Waals surface area (Å²) in [5.74, 6) is 1.38. The molecule has 0 fully saturated rings. The smallest absolute Gasteiger partial charge is 0.160 e. The molecule has 0 atom stereocenters. The molecule has 2 heterocycles. The van der Waals surface area contributed by atoms with Gasteiger partial charge in [0.1, 0.15) is 11.3 Å². The Balaban J connectivity index is 1.31. The van der Waals surface area contributed by atoms with Crippen molar-refractivity contribution in [2.24, 2.45) is 0 Å². The number of hydrogen-bond acceptors (Lipinski definition) is 3. The summed E-state index contributed by atoms with van der Waals surface area (Å²) < 4.78 is 6.31. The summed E-state index contributed by atoms with van der Waals surface area (Å²) in [7, 11) is 0. The van der Waals surface area contributed by atoms with E-state index in [1.807, 2.05) is 36.4 Å². The third-order valence-electron chi connectivity index (χ3n) is 9.19. The fourth-order valence-electron chi connectivity index (χ4n) is 7.15. The van der Waals surface area contributed by atoms with Crippen molar-refractivity contribution in [3.8, 4) is 45.2 Å². The minimum atomic E-state index is -0.485. The molecule has 9 rings (SSSR count). The van der Waals surface area contributed by atoms with E-state index in [0.717, 1.165) is 39.2 Å². The van der Waals surface area contributed by atoms with E-state index >= 15 is 0 Å². The van der Waals surface area contributed by atoms with Crippen LogP contribution >= 0.6 is 0 Å². The number of hydrogen-bond donors (Lipinski definition) is 0. The molecule has 8 aromatic rings. The molecule has 46 heavy (non-hydrogen) atoms. The van der Waals surface area contributed by atoms with Crippen LogP contribution in [0, 0.1) is 0 Å². The largest absolute Gasteiger partial charge is 0.454 e. The average Bonchev–Trinajstić information content (AvgIpc) is 3.70. The van der Waals surface area contributed by atoms with Gasteiger partial charge in [-0.1, -0.05) is 146 Å². The lowest BCUT2D eigenvalue weighted by Crippen LogP contribution is -2.28. The maximum atomic E-state index is 6.31. The Bertz CT molecular complexity index is 2290. The van der Waals surface area contributed by atoms with Gasteiger partial charge in [0.2, 0.25) is 0 Å². The Labute approximate surface area is 267 Å². The van der Waals surface area contributed by atoms with Crippen molar-refractivity contribution in [1.29, 1.82) is 0 Å². The number of rotatable bonds is 5. The zero-order chi connectivity index (χ0) is 30.5. The Morgan fingerprint density at radius 2 is 1.04 bits per heavy atom. The Morgan fingerprint density at radius 3 is 1.78 bits per heavy atom. The highest BCUT2D eigenvalue weighted by Gasteiger charge is 2.46. The fourth-order valence-corrected chi connectivity index (χ4v) is 7.15. The SMILES string of the molecule is c1ccc(-c2nc(-c3ccc4c(c3)C(c3ccccc3)(c3ccccc3)c3ccccc3-4)cc(-c3cc4ccccc4o3)n2)cc1. The van der Waals surface area contributed by atoms with Gasteiger partial charge in [-0.2, -0.15) is 0 Å². The molecule has 0 unspecified atom stereocenters. The predicted molar refractivity (Wildman–Crippen MR) is 185 cm³/mol. The van der Waals surface area contributed by atoms with Crippen LogP contribution in [0.4, 0.5) is 0 Å². The molecule has 0 saturated heterocycles. The van der Waals surface area contributed by atoms with Gasteiger partial charge in [0.25, 0.3) is 0 Å². The molecule has 3 nitrogen and oxygen atoms in total. The van der Waals surface area contributed by atoms with Crippen LogP contribution in [0.15, 0.2) is 174 Å². The lowest BCUT2D eigenvalue weighted by Gasteiger charge is -2.34. The molecule has 3 heteroatoms. The maximum Gasteiger partial charge on any atom is 0.160 e. The first-order valence-corrected chi connectivity index (χ1v) is 15.6. The van der Waals surface area contributed by atoms with Crippen LogP contribution in [-0.4, -0.2) is 9.97 Å². The highest BCUT2D eigenvalue weighted by atomic mass is 16.3. The summed E-state index contributed by atoms with van der Waals surface area (Å²) in [6.07, 6.45) is 0. The first kappa shape index (κ1) is 26.4. The number of fused-ring (bicyclic) bond motifs is 4. The maximum absolute atomic E-state index is 6.31. The summed E-state index contributed by atoms with van der Waals surface area (Å²) in [4.78, 5) is 10.2. The zero-order valence-electron chi connectivity index (χ0n) is 25.0. The van der Waals surface area contributed by atoms with Crippen molar-refractivity contribution in [1.82, 2.24) is 9.97 Å². The van der Waals surface area contributed by atoms with Crippen molar-refractivity contribution >= 4 is 11.0 Å². The topological polar surface area (TPSA) is 38.9 Å². The minimum Gasteiger partial charge on any atom is -0.454 e. The van der Waals surface area contributed by atoms with Gasteiger partial charge in [-0.25, -0.2) is 9.97 Å². The second-order valence-electron chi connectivity index (χ2n) is 11.8. The van der Waals surface area contributed by atoms with Crippen LogP contribution in [0.1, 0.15) is 22.3 Å². The van der Waals surface area contributed by atoms with Crippen molar-refractivity contribution < 1.29 is 4.42 Å². The highest BCUT2D eigenvalue weighted by Crippen LogP contribution is 2.56. The van der Waals surface area contributed by atoms with Gasteiger partial charge in [-0.3, -0.25) is 0 Å². The van der Waals surface area contributed by atoms with Crippen molar-refractivity contribution in [2.75, 3.05) is 0 Å². The molecule has 0 N–H and O–H groups in total. The van der Waals surface area contributed by atoms with E-state index in [0.29, 0.717) is 5.82 Å². The van der Waals surface area contributed by atoms with Gasteiger partial charge >= 0.3 is 0 Å². The van der Waals surface area contributed by atoms with Crippen LogP contribution in [0.25, 0.3) is 56.2 Å².